The Kier molecular flexibility index (Phi) is 4.42. The van der Waals surface area contributed by atoms with E-state index in [4.69, 9.17) is 0 Å². The molecule has 0 aromatic carbocycles. The highest BCUT2D eigenvalue weighted by Gasteiger charge is 2.33. The molecule has 2 atom stereocenters. The van der Waals surface area contributed by atoms with Gasteiger partial charge in [-0.2, -0.15) is 16.9 Å². The number of hydrogen-bond donors (Lipinski definition) is 2. The number of H-pyrrole nitrogens is 1. The number of nitrogens with zero attached hydrogens (tertiary/aromatic N) is 2. The number of aryl methyl sites for hydroxylation is 2. The molecule has 5 nitrogen and oxygen atoms in total. The molecule has 2 amide bonds. The van der Waals surface area contributed by atoms with Crippen LogP contribution < -0.4 is 5.32 Å². The number of urea groups is 1. The molecular weight excluding hydrogens is 284 g/mol. The fourth-order valence-corrected chi connectivity index (χ4v) is 4.54. The summed E-state index contributed by atoms with van der Waals surface area (Å²) < 4.78 is 0. The van der Waals surface area contributed by atoms with Gasteiger partial charge in [-0.25, -0.2) is 4.79 Å². The van der Waals surface area contributed by atoms with Crippen LogP contribution in [0.4, 0.5) is 4.79 Å². The van der Waals surface area contributed by atoms with Gasteiger partial charge >= 0.3 is 6.03 Å². The summed E-state index contributed by atoms with van der Waals surface area (Å²) in [7, 11) is 0. The zero-order valence-corrected chi connectivity index (χ0v) is 13.6. The van der Waals surface area contributed by atoms with Crippen LogP contribution in [0.15, 0.2) is 0 Å². The Bertz CT molecular complexity index is 490. The third-order valence-corrected chi connectivity index (χ3v) is 5.74. The molecule has 6 heteroatoms. The van der Waals surface area contributed by atoms with Crippen LogP contribution in [-0.2, 0) is 0 Å². The van der Waals surface area contributed by atoms with Gasteiger partial charge in [0, 0.05) is 29.6 Å². The third kappa shape index (κ3) is 3.05. The second-order valence-electron chi connectivity index (χ2n) is 6.06. The fraction of sp³-hybridized carbons (Fsp3) is 0.733. The maximum atomic E-state index is 12.6. The standard InChI is InChI=1S/C15H24N4OS/c1-10-14(11(2)18-17-10)13-6-3-7-19(13)15(20)16-12-5-4-8-21-9-12/h12-13H,3-9H2,1-2H3,(H,16,20)(H,17,18)/t12-,13+/m0/s1. The van der Waals surface area contributed by atoms with Crippen molar-refractivity contribution < 1.29 is 4.79 Å². The number of amides is 2. The van der Waals surface area contributed by atoms with Crippen LogP contribution in [0, 0.1) is 13.8 Å². The lowest BCUT2D eigenvalue weighted by Gasteiger charge is -2.29. The van der Waals surface area contributed by atoms with Gasteiger partial charge in [0.05, 0.1) is 11.7 Å². The molecule has 3 heterocycles. The first kappa shape index (κ1) is 14.8. The van der Waals surface area contributed by atoms with E-state index >= 15 is 0 Å². The van der Waals surface area contributed by atoms with Crippen LogP contribution >= 0.6 is 11.8 Å². The summed E-state index contributed by atoms with van der Waals surface area (Å²) >= 11 is 1.94. The number of hydrogen-bond acceptors (Lipinski definition) is 3. The lowest BCUT2D eigenvalue weighted by atomic mass is 10.0. The second kappa shape index (κ2) is 6.30. The van der Waals surface area contributed by atoms with E-state index in [-0.39, 0.29) is 12.1 Å². The van der Waals surface area contributed by atoms with Crippen molar-refractivity contribution in [1.29, 1.82) is 0 Å². The Morgan fingerprint density at radius 2 is 2.24 bits per heavy atom. The van der Waals surface area contributed by atoms with Gasteiger partial charge in [-0.3, -0.25) is 5.10 Å². The van der Waals surface area contributed by atoms with Crippen LogP contribution in [-0.4, -0.2) is 45.2 Å². The van der Waals surface area contributed by atoms with Gasteiger partial charge < -0.3 is 10.2 Å². The Hall–Kier alpha value is -1.17. The zero-order chi connectivity index (χ0) is 14.8. The number of thioether (sulfide) groups is 1. The van der Waals surface area contributed by atoms with Crippen LogP contribution in [0.3, 0.4) is 0 Å². The SMILES string of the molecule is Cc1n[nH]c(C)c1[C@H]1CCCN1C(=O)N[C@H]1CCCSC1. The Morgan fingerprint density at radius 1 is 1.38 bits per heavy atom. The number of aromatic amines is 1. The molecule has 0 aliphatic carbocycles. The molecule has 2 saturated heterocycles. The highest BCUT2D eigenvalue weighted by atomic mass is 32.2. The van der Waals surface area contributed by atoms with E-state index in [1.54, 1.807) is 0 Å². The van der Waals surface area contributed by atoms with E-state index in [1.807, 2.05) is 30.5 Å². The fourth-order valence-electron chi connectivity index (χ4n) is 3.47. The summed E-state index contributed by atoms with van der Waals surface area (Å²) in [6.07, 6.45) is 4.43. The molecule has 0 radical (unpaired) electrons. The van der Waals surface area contributed by atoms with Gasteiger partial charge in [0.1, 0.15) is 0 Å². The molecule has 2 N–H and O–H groups in total. The minimum Gasteiger partial charge on any atom is -0.334 e. The average Bonchev–Trinajstić information content (AvgIpc) is 3.07. The summed E-state index contributed by atoms with van der Waals surface area (Å²) in [6.45, 7) is 4.91. The monoisotopic (exact) mass is 308 g/mol. The number of carbonyl (C=O) groups is 1. The van der Waals surface area contributed by atoms with Gasteiger partial charge in [0.2, 0.25) is 0 Å². The van der Waals surface area contributed by atoms with E-state index in [1.165, 1.54) is 17.7 Å². The Balaban J connectivity index is 1.70. The quantitative estimate of drug-likeness (QED) is 0.883. The molecule has 0 unspecified atom stereocenters. The number of aromatic nitrogens is 2. The van der Waals surface area contributed by atoms with Crippen LogP contribution in [0.2, 0.25) is 0 Å². The number of nitrogens with one attached hydrogen (secondary N) is 2. The molecule has 3 rings (SSSR count). The smallest absolute Gasteiger partial charge is 0.318 e. The first-order valence-electron chi connectivity index (χ1n) is 7.83. The van der Waals surface area contributed by atoms with Crippen LogP contribution in [0.1, 0.15) is 48.7 Å². The average molecular weight is 308 g/mol. The highest BCUT2D eigenvalue weighted by Crippen LogP contribution is 2.34. The maximum absolute atomic E-state index is 12.6. The van der Waals surface area contributed by atoms with Crippen molar-refractivity contribution in [2.24, 2.45) is 0 Å². The largest absolute Gasteiger partial charge is 0.334 e. The zero-order valence-electron chi connectivity index (χ0n) is 12.8. The van der Waals surface area contributed by atoms with E-state index < -0.39 is 0 Å². The highest BCUT2D eigenvalue weighted by molar-refractivity contribution is 7.99. The van der Waals surface area contributed by atoms with Crippen molar-refractivity contribution in [3.8, 4) is 0 Å². The minimum atomic E-state index is 0.102. The summed E-state index contributed by atoms with van der Waals surface area (Å²) in [5.41, 5.74) is 3.32. The molecule has 116 valence electrons. The molecule has 0 bridgehead atoms. The molecule has 1 aromatic rings. The minimum absolute atomic E-state index is 0.102. The Labute approximate surface area is 130 Å². The van der Waals surface area contributed by atoms with E-state index in [0.29, 0.717) is 6.04 Å². The van der Waals surface area contributed by atoms with Gasteiger partial charge in [0.15, 0.2) is 0 Å². The van der Waals surface area contributed by atoms with Gasteiger partial charge in [-0.05, 0) is 45.3 Å². The van der Waals surface area contributed by atoms with E-state index in [2.05, 4.69) is 15.5 Å². The molecule has 2 fully saturated rings. The van der Waals surface area contributed by atoms with Crippen molar-refractivity contribution in [2.45, 2.75) is 51.6 Å². The molecule has 0 saturated carbocycles. The van der Waals surface area contributed by atoms with Gasteiger partial charge in [-0.1, -0.05) is 0 Å². The number of rotatable bonds is 2. The van der Waals surface area contributed by atoms with Crippen molar-refractivity contribution in [2.75, 3.05) is 18.1 Å². The van der Waals surface area contributed by atoms with Crippen LogP contribution in [0.25, 0.3) is 0 Å². The van der Waals surface area contributed by atoms with Gasteiger partial charge in [0.25, 0.3) is 0 Å². The molecule has 1 aromatic heterocycles. The lowest BCUT2D eigenvalue weighted by molar-refractivity contribution is 0.189. The second-order valence-corrected chi connectivity index (χ2v) is 7.21. The molecular formula is C15H24N4OS. The molecule has 21 heavy (non-hydrogen) atoms. The predicted octanol–water partition coefficient (Wildman–Crippen LogP) is 2.77. The molecule has 0 spiro atoms. The predicted molar refractivity (Wildman–Crippen MR) is 85.6 cm³/mol. The molecule has 2 aliphatic heterocycles. The van der Waals surface area contributed by atoms with Crippen LogP contribution in [0.5, 0.6) is 0 Å². The van der Waals surface area contributed by atoms with Crippen molar-refractivity contribution >= 4 is 17.8 Å². The van der Waals surface area contributed by atoms with Crippen molar-refractivity contribution in [3.63, 3.8) is 0 Å². The lowest BCUT2D eigenvalue weighted by Crippen LogP contribution is -2.46. The summed E-state index contributed by atoms with van der Waals surface area (Å²) in [5.74, 6) is 2.28. The summed E-state index contributed by atoms with van der Waals surface area (Å²) in [6, 6.07) is 0.619. The normalized spacial score (nSPS) is 26.1. The van der Waals surface area contributed by atoms with Crippen molar-refractivity contribution in [1.82, 2.24) is 20.4 Å². The Morgan fingerprint density at radius 3 is 2.90 bits per heavy atom. The van der Waals surface area contributed by atoms with E-state index in [9.17, 15) is 4.79 Å². The van der Waals surface area contributed by atoms with E-state index in [0.717, 1.165) is 42.9 Å². The van der Waals surface area contributed by atoms with Crippen molar-refractivity contribution in [3.05, 3.63) is 17.0 Å². The topological polar surface area (TPSA) is 61.0 Å². The first-order chi connectivity index (χ1) is 10.2. The van der Waals surface area contributed by atoms with Gasteiger partial charge in [-0.15, -0.1) is 0 Å². The summed E-state index contributed by atoms with van der Waals surface area (Å²) in [5, 5.41) is 10.6. The number of likely N-dealkylation sites (tertiary alicyclic amines) is 1. The third-order valence-electron chi connectivity index (χ3n) is 4.52. The summed E-state index contributed by atoms with van der Waals surface area (Å²) in [4.78, 5) is 14.6. The number of carbonyl (C=O) groups excluding carboxylic acids is 1. The molecule has 2 aliphatic rings. The first-order valence-corrected chi connectivity index (χ1v) is 8.98. The maximum Gasteiger partial charge on any atom is 0.318 e.